The quantitative estimate of drug-likeness (QED) is 0.244. The van der Waals surface area contributed by atoms with Crippen LogP contribution in [0.3, 0.4) is 0 Å². The highest BCUT2D eigenvalue weighted by atomic mass is 16.6. The predicted octanol–water partition coefficient (Wildman–Crippen LogP) is 7.06. The van der Waals surface area contributed by atoms with Crippen LogP contribution in [0.4, 0.5) is 5.69 Å². The second-order valence-corrected chi connectivity index (χ2v) is 9.61. The maximum Gasteiger partial charge on any atom is 0.339 e. The minimum absolute atomic E-state index is 0.447. The first-order valence-electron chi connectivity index (χ1n) is 11.5. The van der Waals surface area contributed by atoms with Crippen molar-refractivity contribution >= 4 is 23.8 Å². The van der Waals surface area contributed by atoms with Crippen LogP contribution in [-0.2, 0) is 14.3 Å². The van der Waals surface area contributed by atoms with E-state index in [2.05, 4.69) is 49.4 Å². The van der Waals surface area contributed by atoms with Gasteiger partial charge in [-0.2, -0.15) is 0 Å². The maximum atomic E-state index is 13.0. The molecule has 178 valence electrons. The number of rotatable bonds is 6. The molecule has 3 aromatic carbocycles. The summed E-state index contributed by atoms with van der Waals surface area (Å²) in [6.45, 7) is 11.8. The van der Waals surface area contributed by atoms with E-state index in [0.717, 1.165) is 44.5 Å². The van der Waals surface area contributed by atoms with Crippen LogP contribution in [0.2, 0.25) is 0 Å². The summed E-state index contributed by atoms with van der Waals surface area (Å²) in [5.74, 6) is -0.447. The number of methoxy groups -OCH3 is 1. The number of benzene rings is 3. The molecule has 0 aromatic heterocycles. The van der Waals surface area contributed by atoms with E-state index in [1.54, 1.807) is 0 Å². The van der Waals surface area contributed by atoms with Crippen molar-refractivity contribution in [2.24, 2.45) is 0 Å². The van der Waals surface area contributed by atoms with Crippen molar-refractivity contribution in [3.8, 4) is 11.1 Å². The minimum atomic E-state index is -0.908. The van der Waals surface area contributed by atoms with Gasteiger partial charge in [-0.15, -0.1) is 0 Å². The van der Waals surface area contributed by atoms with Crippen LogP contribution in [0.25, 0.3) is 23.3 Å². The highest BCUT2D eigenvalue weighted by molar-refractivity contribution is 5.90. The Hall–Kier alpha value is -3.37. The van der Waals surface area contributed by atoms with E-state index in [-0.39, 0.29) is 0 Å². The summed E-state index contributed by atoms with van der Waals surface area (Å²) < 4.78 is 11.4. The van der Waals surface area contributed by atoms with Crippen molar-refractivity contribution in [1.82, 2.24) is 0 Å². The Kier molecular flexibility index (Phi) is 7.63. The fraction of sp³-hybridized carbons (Fsp3) is 0.300. The molecule has 0 unspecified atom stereocenters. The lowest BCUT2D eigenvalue weighted by molar-refractivity contribution is -0.164. The second kappa shape index (κ2) is 10.3. The van der Waals surface area contributed by atoms with Gasteiger partial charge >= 0.3 is 5.97 Å². The van der Waals surface area contributed by atoms with Crippen molar-refractivity contribution < 1.29 is 14.3 Å². The van der Waals surface area contributed by atoms with E-state index >= 15 is 0 Å². The van der Waals surface area contributed by atoms with E-state index < -0.39 is 17.7 Å². The van der Waals surface area contributed by atoms with Gasteiger partial charge in [-0.25, -0.2) is 4.79 Å². The van der Waals surface area contributed by atoms with Gasteiger partial charge in [0.15, 0.2) is 6.10 Å². The van der Waals surface area contributed by atoms with Gasteiger partial charge in [0.25, 0.3) is 0 Å². The first-order chi connectivity index (χ1) is 16.0. The Bertz CT molecular complexity index is 1190. The van der Waals surface area contributed by atoms with Crippen molar-refractivity contribution in [3.05, 3.63) is 88.0 Å². The molecule has 0 radical (unpaired) electrons. The van der Waals surface area contributed by atoms with Gasteiger partial charge in [0.05, 0.1) is 12.7 Å². The van der Waals surface area contributed by atoms with Crippen LogP contribution in [0.1, 0.15) is 60.3 Å². The van der Waals surface area contributed by atoms with Gasteiger partial charge < -0.3 is 15.2 Å². The highest BCUT2D eigenvalue weighted by Crippen LogP contribution is 2.43. The molecule has 0 spiro atoms. The van der Waals surface area contributed by atoms with Gasteiger partial charge in [-0.3, -0.25) is 0 Å². The van der Waals surface area contributed by atoms with Crippen molar-refractivity contribution in [1.29, 1.82) is 0 Å². The summed E-state index contributed by atoms with van der Waals surface area (Å²) in [4.78, 5) is 13.0. The number of hydrogen-bond donors (Lipinski definition) is 1. The lowest BCUT2D eigenvalue weighted by atomic mass is 9.84. The molecule has 0 heterocycles. The molecule has 4 heteroatoms. The lowest BCUT2D eigenvalue weighted by Crippen LogP contribution is -2.29. The fourth-order valence-electron chi connectivity index (χ4n) is 4.14. The van der Waals surface area contributed by atoms with Gasteiger partial charge in [-0.1, -0.05) is 72.3 Å². The van der Waals surface area contributed by atoms with E-state index in [9.17, 15) is 4.79 Å². The number of hydrogen-bond acceptors (Lipinski definition) is 4. The van der Waals surface area contributed by atoms with Crippen LogP contribution in [0.5, 0.6) is 0 Å². The molecule has 0 aliphatic rings. The molecule has 2 N–H and O–H groups in total. The molecule has 0 fully saturated rings. The number of nitrogens with two attached hydrogens (primary N) is 1. The van der Waals surface area contributed by atoms with Crippen molar-refractivity contribution in [2.45, 2.75) is 53.2 Å². The average Bonchev–Trinajstić information content (AvgIpc) is 2.80. The number of nitrogen functional groups attached to an aromatic ring is 1. The third-order valence-corrected chi connectivity index (χ3v) is 5.88. The second-order valence-electron chi connectivity index (χ2n) is 9.61. The number of carbonyl (C=O) groups is 1. The van der Waals surface area contributed by atoms with Crippen LogP contribution >= 0.6 is 0 Å². The predicted molar refractivity (Wildman–Crippen MR) is 141 cm³/mol. The lowest BCUT2D eigenvalue weighted by Gasteiger charge is -2.30. The SMILES string of the molecule is COC(=O)[C@@H](OC(C)(C)C)c1c(C)c(N)c(/C=C/c2ccccc2)c(C)c1-c1ccc(C)cc1. The number of esters is 1. The Balaban J connectivity index is 2.33. The molecule has 0 bridgehead atoms. The molecule has 0 saturated heterocycles. The highest BCUT2D eigenvalue weighted by Gasteiger charge is 2.33. The minimum Gasteiger partial charge on any atom is -0.467 e. The standard InChI is InChI=1S/C30H35NO3/c1-19-13-16-23(17-14-19)25-20(2)24(18-15-22-11-9-8-10-12-22)27(31)21(3)26(25)28(29(32)33-7)34-30(4,5)6/h8-18,28H,31H2,1-7H3/b18-15+/t28-/m0/s1. The smallest absolute Gasteiger partial charge is 0.339 e. The maximum absolute atomic E-state index is 13.0. The summed E-state index contributed by atoms with van der Waals surface area (Å²) in [6, 6.07) is 18.4. The third-order valence-electron chi connectivity index (χ3n) is 5.88. The molecule has 3 aromatic rings. The zero-order chi connectivity index (χ0) is 25.0. The number of anilines is 1. The molecule has 0 saturated carbocycles. The molecular weight excluding hydrogens is 422 g/mol. The first kappa shape index (κ1) is 25.3. The Morgan fingerprint density at radius 2 is 1.53 bits per heavy atom. The molecule has 0 aliphatic carbocycles. The largest absolute Gasteiger partial charge is 0.467 e. The van der Waals surface area contributed by atoms with Gasteiger partial charge in [0, 0.05) is 16.8 Å². The number of carbonyl (C=O) groups excluding carboxylic acids is 1. The fourth-order valence-corrected chi connectivity index (χ4v) is 4.14. The summed E-state index contributed by atoms with van der Waals surface area (Å²) >= 11 is 0. The van der Waals surface area contributed by atoms with E-state index in [1.165, 1.54) is 7.11 Å². The van der Waals surface area contributed by atoms with Crippen LogP contribution < -0.4 is 5.73 Å². The molecule has 0 amide bonds. The molecular formula is C30H35NO3. The summed E-state index contributed by atoms with van der Waals surface area (Å²) in [7, 11) is 1.38. The normalized spacial score (nSPS) is 12.7. The summed E-state index contributed by atoms with van der Waals surface area (Å²) in [5.41, 5.74) is 14.4. The van der Waals surface area contributed by atoms with Crippen molar-refractivity contribution in [2.75, 3.05) is 12.8 Å². The molecule has 34 heavy (non-hydrogen) atoms. The van der Waals surface area contributed by atoms with E-state index in [1.807, 2.05) is 58.9 Å². The molecule has 1 atom stereocenters. The van der Waals surface area contributed by atoms with Crippen molar-refractivity contribution in [3.63, 3.8) is 0 Å². The topological polar surface area (TPSA) is 61.5 Å². The summed E-state index contributed by atoms with van der Waals surface area (Å²) in [5, 5.41) is 0. The number of aryl methyl sites for hydroxylation is 1. The Morgan fingerprint density at radius 3 is 2.09 bits per heavy atom. The van der Waals surface area contributed by atoms with Crippen LogP contribution in [0, 0.1) is 20.8 Å². The first-order valence-corrected chi connectivity index (χ1v) is 11.5. The monoisotopic (exact) mass is 457 g/mol. The Morgan fingerprint density at radius 1 is 0.912 bits per heavy atom. The molecule has 3 rings (SSSR count). The Labute approximate surface area is 203 Å². The van der Waals surface area contributed by atoms with Gasteiger partial charge in [-0.05, 0) is 69.4 Å². The van der Waals surface area contributed by atoms with E-state index in [4.69, 9.17) is 15.2 Å². The van der Waals surface area contributed by atoms with Gasteiger partial charge in [0.2, 0.25) is 0 Å². The molecule has 4 nitrogen and oxygen atoms in total. The number of ether oxygens (including phenoxy) is 2. The molecule has 0 aliphatic heterocycles. The van der Waals surface area contributed by atoms with Crippen LogP contribution in [0.15, 0.2) is 54.6 Å². The zero-order valence-corrected chi connectivity index (χ0v) is 21.2. The zero-order valence-electron chi connectivity index (χ0n) is 21.2. The van der Waals surface area contributed by atoms with Gasteiger partial charge in [0.1, 0.15) is 0 Å². The summed E-state index contributed by atoms with van der Waals surface area (Å²) in [6.07, 6.45) is 3.20. The third kappa shape index (κ3) is 5.57. The average molecular weight is 458 g/mol. The van der Waals surface area contributed by atoms with E-state index in [0.29, 0.717) is 5.69 Å². The van der Waals surface area contributed by atoms with Crippen LogP contribution in [-0.4, -0.2) is 18.7 Å².